The molecule has 0 spiro atoms. The molecule has 2 N–H and O–H groups in total. The van der Waals surface area contributed by atoms with Crippen molar-refractivity contribution in [2.24, 2.45) is 5.73 Å². The molecule has 17 heavy (non-hydrogen) atoms. The van der Waals surface area contributed by atoms with Gasteiger partial charge in [0.2, 0.25) is 0 Å². The van der Waals surface area contributed by atoms with Gasteiger partial charge in [0.25, 0.3) is 5.91 Å². The maximum Gasteiger partial charge on any atom is 0.270 e. The number of nitrogens with zero attached hydrogens (tertiary/aromatic N) is 2. The fraction of sp³-hybridized carbons (Fsp3) is 0.615. The molecule has 92 valence electrons. The number of rotatable bonds is 2. The Labute approximate surface area is 101 Å². The van der Waals surface area contributed by atoms with Gasteiger partial charge in [-0.1, -0.05) is 0 Å². The Hall–Kier alpha value is -1.29. The van der Waals surface area contributed by atoms with Gasteiger partial charge >= 0.3 is 0 Å². The predicted molar refractivity (Wildman–Crippen MR) is 65.8 cm³/mol. The molecule has 0 radical (unpaired) electrons. The molecule has 1 saturated carbocycles. The van der Waals surface area contributed by atoms with E-state index in [2.05, 4.69) is 4.57 Å². The van der Waals surface area contributed by atoms with Crippen LogP contribution in [0.15, 0.2) is 18.3 Å². The fourth-order valence-corrected chi connectivity index (χ4v) is 2.51. The maximum atomic E-state index is 12.4. The first-order chi connectivity index (χ1) is 8.25. The zero-order valence-electron chi connectivity index (χ0n) is 10.0. The summed E-state index contributed by atoms with van der Waals surface area (Å²) in [6.07, 6.45) is 6.30. The zero-order chi connectivity index (χ0) is 11.8. The molecule has 1 amide bonds. The van der Waals surface area contributed by atoms with Crippen molar-refractivity contribution < 1.29 is 4.79 Å². The molecular formula is C13H19N3O. The highest BCUT2D eigenvalue weighted by Crippen LogP contribution is 2.36. The molecular weight excluding hydrogens is 214 g/mol. The van der Waals surface area contributed by atoms with Crippen molar-refractivity contribution in [1.29, 1.82) is 0 Å². The highest BCUT2D eigenvalue weighted by Gasteiger charge is 2.29. The highest BCUT2D eigenvalue weighted by atomic mass is 16.2. The number of carbonyl (C=O) groups is 1. The maximum absolute atomic E-state index is 12.4. The third-order valence-corrected chi connectivity index (χ3v) is 3.77. The van der Waals surface area contributed by atoms with E-state index in [-0.39, 0.29) is 11.9 Å². The molecule has 1 saturated heterocycles. The van der Waals surface area contributed by atoms with Crippen molar-refractivity contribution in [1.82, 2.24) is 9.47 Å². The van der Waals surface area contributed by atoms with Gasteiger partial charge in [-0.15, -0.1) is 0 Å². The molecule has 0 aromatic carbocycles. The van der Waals surface area contributed by atoms with E-state index in [4.69, 9.17) is 5.73 Å². The van der Waals surface area contributed by atoms with Crippen LogP contribution in [0.2, 0.25) is 0 Å². The Morgan fingerprint density at radius 3 is 2.59 bits per heavy atom. The quantitative estimate of drug-likeness (QED) is 0.839. The van der Waals surface area contributed by atoms with Crippen molar-refractivity contribution in [3.8, 4) is 0 Å². The molecule has 4 nitrogen and oxygen atoms in total. The van der Waals surface area contributed by atoms with Crippen LogP contribution in [-0.4, -0.2) is 34.5 Å². The van der Waals surface area contributed by atoms with Gasteiger partial charge in [-0.3, -0.25) is 4.79 Å². The second-order valence-electron chi connectivity index (χ2n) is 5.16. The molecule has 1 aliphatic carbocycles. The molecule has 2 heterocycles. The Balaban J connectivity index is 1.74. The van der Waals surface area contributed by atoms with Gasteiger partial charge in [-0.05, 0) is 37.8 Å². The smallest absolute Gasteiger partial charge is 0.270 e. The number of carbonyl (C=O) groups excluding carboxylic acids is 1. The van der Waals surface area contributed by atoms with Crippen LogP contribution in [-0.2, 0) is 0 Å². The number of likely N-dealkylation sites (tertiary alicyclic amines) is 1. The summed E-state index contributed by atoms with van der Waals surface area (Å²) in [5.74, 6) is 0.175. The van der Waals surface area contributed by atoms with Crippen molar-refractivity contribution in [3.63, 3.8) is 0 Å². The molecule has 3 rings (SSSR count). The van der Waals surface area contributed by atoms with E-state index in [1.807, 2.05) is 23.2 Å². The summed E-state index contributed by atoms with van der Waals surface area (Å²) in [6.45, 7) is 1.60. The highest BCUT2D eigenvalue weighted by molar-refractivity contribution is 5.93. The molecule has 2 aliphatic rings. The van der Waals surface area contributed by atoms with Crippen LogP contribution in [0.5, 0.6) is 0 Å². The van der Waals surface area contributed by atoms with E-state index >= 15 is 0 Å². The van der Waals surface area contributed by atoms with E-state index in [0.29, 0.717) is 6.04 Å². The minimum atomic E-state index is 0.175. The summed E-state index contributed by atoms with van der Waals surface area (Å²) >= 11 is 0. The SMILES string of the molecule is NC1CCN(C(=O)c2cccn2C2CC2)CC1. The van der Waals surface area contributed by atoms with Gasteiger partial charge < -0.3 is 15.2 Å². The van der Waals surface area contributed by atoms with Crippen LogP contribution < -0.4 is 5.73 Å². The number of hydrogen-bond donors (Lipinski definition) is 1. The summed E-state index contributed by atoms with van der Waals surface area (Å²) in [5.41, 5.74) is 6.71. The second-order valence-corrected chi connectivity index (χ2v) is 5.16. The van der Waals surface area contributed by atoms with Crippen LogP contribution >= 0.6 is 0 Å². The lowest BCUT2D eigenvalue weighted by Crippen LogP contribution is -2.43. The number of nitrogens with two attached hydrogens (primary N) is 1. The van der Waals surface area contributed by atoms with Gasteiger partial charge in [0.1, 0.15) is 5.69 Å². The van der Waals surface area contributed by atoms with E-state index in [0.717, 1.165) is 31.6 Å². The van der Waals surface area contributed by atoms with Crippen molar-refractivity contribution in [3.05, 3.63) is 24.0 Å². The van der Waals surface area contributed by atoms with Crippen LogP contribution in [0, 0.1) is 0 Å². The Morgan fingerprint density at radius 1 is 1.24 bits per heavy atom. The largest absolute Gasteiger partial charge is 0.340 e. The normalized spacial score (nSPS) is 21.8. The van der Waals surface area contributed by atoms with Gasteiger partial charge in [0.05, 0.1) is 0 Å². The van der Waals surface area contributed by atoms with Crippen LogP contribution in [0.3, 0.4) is 0 Å². The summed E-state index contributed by atoms with van der Waals surface area (Å²) in [7, 11) is 0. The molecule has 4 heteroatoms. The Bertz CT molecular complexity index is 414. The number of aromatic nitrogens is 1. The lowest BCUT2D eigenvalue weighted by atomic mass is 10.1. The van der Waals surface area contributed by atoms with Gasteiger partial charge in [0.15, 0.2) is 0 Å². The third-order valence-electron chi connectivity index (χ3n) is 3.77. The molecule has 1 aromatic heterocycles. The average Bonchev–Trinajstić information content (AvgIpc) is 3.07. The van der Waals surface area contributed by atoms with Gasteiger partial charge in [0, 0.05) is 31.4 Å². The lowest BCUT2D eigenvalue weighted by molar-refractivity contribution is 0.0703. The van der Waals surface area contributed by atoms with E-state index in [1.54, 1.807) is 0 Å². The molecule has 1 aliphatic heterocycles. The molecule has 0 bridgehead atoms. The average molecular weight is 233 g/mol. The Kier molecular flexibility index (Phi) is 2.67. The van der Waals surface area contributed by atoms with E-state index < -0.39 is 0 Å². The van der Waals surface area contributed by atoms with E-state index in [1.165, 1.54) is 12.8 Å². The van der Waals surface area contributed by atoms with Crippen molar-refractivity contribution in [2.45, 2.75) is 37.8 Å². The second kappa shape index (κ2) is 4.18. The monoisotopic (exact) mass is 233 g/mol. The standard InChI is InChI=1S/C13H19N3O/c14-10-5-8-15(9-6-10)13(17)12-2-1-7-16(12)11-3-4-11/h1-2,7,10-11H,3-6,8-9,14H2. The van der Waals surface area contributed by atoms with Gasteiger partial charge in [-0.2, -0.15) is 0 Å². The Morgan fingerprint density at radius 2 is 1.94 bits per heavy atom. The number of piperidine rings is 1. The summed E-state index contributed by atoms with van der Waals surface area (Å²) in [5, 5.41) is 0. The first-order valence-corrected chi connectivity index (χ1v) is 6.47. The third kappa shape index (κ3) is 2.09. The first-order valence-electron chi connectivity index (χ1n) is 6.47. The molecule has 1 aromatic rings. The minimum absolute atomic E-state index is 0.175. The van der Waals surface area contributed by atoms with Crippen molar-refractivity contribution in [2.75, 3.05) is 13.1 Å². The van der Waals surface area contributed by atoms with Crippen molar-refractivity contribution >= 4 is 5.91 Å². The van der Waals surface area contributed by atoms with Crippen LogP contribution in [0.4, 0.5) is 0 Å². The zero-order valence-corrected chi connectivity index (χ0v) is 10.0. The van der Waals surface area contributed by atoms with E-state index in [9.17, 15) is 4.79 Å². The summed E-state index contributed by atoms with van der Waals surface area (Å²) < 4.78 is 2.14. The topological polar surface area (TPSA) is 51.3 Å². The number of hydrogen-bond acceptors (Lipinski definition) is 2. The van der Waals surface area contributed by atoms with Crippen LogP contribution in [0.25, 0.3) is 0 Å². The number of amides is 1. The molecule has 2 fully saturated rings. The predicted octanol–water partition coefficient (Wildman–Crippen LogP) is 1.39. The summed E-state index contributed by atoms with van der Waals surface area (Å²) in [6, 6.07) is 4.75. The fourth-order valence-electron chi connectivity index (χ4n) is 2.51. The van der Waals surface area contributed by atoms with Crippen LogP contribution in [0.1, 0.15) is 42.2 Å². The summed E-state index contributed by atoms with van der Waals surface area (Å²) in [4.78, 5) is 14.3. The molecule has 0 unspecified atom stereocenters. The lowest BCUT2D eigenvalue weighted by Gasteiger charge is -2.30. The minimum Gasteiger partial charge on any atom is -0.340 e. The first kappa shape index (κ1) is 10.8. The van der Waals surface area contributed by atoms with Gasteiger partial charge in [-0.25, -0.2) is 0 Å². The molecule has 0 atom stereocenters.